The molecule has 2 aliphatic rings. The van der Waals surface area contributed by atoms with E-state index in [2.05, 4.69) is 21.8 Å². The van der Waals surface area contributed by atoms with Gasteiger partial charge in [-0.15, -0.1) is 0 Å². The molecule has 1 saturated carbocycles. The van der Waals surface area contributed by atoms with Crippen molar-refractivity contribution in [2.75, 3.05) is 13.2 Å². The molecule has 0 unspecified atom stereocenters. The normalized spacial score (nSPS) is 24.4. The Balaban J connectivity index is 1.65. The number of nitrogens with one attached hydrogen (secondary N) is 1. The van der Waals surface area contributed by atoms with Gasteiger partial charge in [0, 0.05) is 19.7 Å². The van der Waals surface area contributed by atoms with Gasteiger partial charge < -0.3 is 14.6 Å². The number of imidazole rings is 1. The molecule has 0 aromatic carbocycles. The molecule has 88 valence electrons. The topological polar surface area (TPSA) is 39.1 Å². The molecule has 1 fully saturated rings. The first-order chi connectivity index (χ1) is 7.84. The van der Waals surface area contributed by atoms with E-state index in [1.807, 2.05) is 6.20 Å². The Hall–Kier alpha value is -0.870. The molecule has 3 rings (SSSR count). The lowest BCUT2D eigenvalue weighted by atomic mass is 10.2. The van der Waals surface area contributed by atoms with Crippen LogP contribution in [0.1, 0.15) is 37.3 Å². The molecular formula is C12H19N3O. The van der Waals surface area contributed by atoms with Crippen molar-refractivity contribution >= 4 is 0 Å². The molecule has 2 heterocycles. The van der Waals surface area contributed by atoms with Gasteiger partial charge in [-0.05, 0) is 25.7 Å². The van der Waals surface area contributed by atoms with Gasteiger partial charge in [-0.25, -0.2) is 4.98 Å². The highest BCUT2D eigenvalue weighted by molar-refractivity contribution is 5.09. The molecule has 0 saturated heterocycles. The van der Waals surface area contributed by atoms with Crippen LogP contribution in [0.5, 0.6) is 0 Å². The molecule has 0 amide bonds. The summed E-state index contributed by atoms with van der Waals surface area (Å²) < 4.78 is 8.02. The van der Waals surface area contributed by atoms with Crippen molar-refractivity contribution < 1.29 is 4.74 Å². The predicted molar refractivity (Wildman–Crippen MR) is 61.0 cm³/mol. The molecule has 1 atom stereocenters. The third kappa shape index (κ3) is 1.99. The average molecular weight is 221 g/mol. The van der Waals surface area contributed by atoms with Gasteiger partial charge in [0.05, 0.1) is 24.5 Å². The standard InChI is InChI=1S/C12H19N3O/c1-9-12-14-6-11(15(12)5-4-13-9)8-16-7-10-2-3-10/h6,9-10,13H,2-5,7-8H2,1H3/t9-/m1/s1. The maximum atomic E-state index is 5.72. The van der Waals surface area contributed by atoms with Crippen LogP contribution in [0.25, 0.3) is 0 Å². The lowest BCUT2D eigenvalue weighted by Gasteiger charge is -2.23. The number of aromatic nitrogens is 2. The minimum absolute atomic E-state index is 0.367. The Labute approximate surface area is 96.0 Å². The number of fused-ring (bicyclic) bond motifs is 1. The summed E-state index contributed by atoms with van der Waals surface area (Å²) in [6.45, 7) is 5.85. The predicted octanol–water partition coefficient (Wildman–Crippen LogP) is 1.47. The summed E-state index contributed by atoms with van der Waals surface area (Å²) in [7, 11) is 0. The molecule has 16 heavy (non-hydrogen) atoms. The van der Waals surface area contributed by atoms with Gasteiger partial charge in [0.15, 0.2) is 0 Å². The highest BCUT2D eigenvalue weighted by Gasteiger charge is 2.22. The second-order valence-electron chi connectivity index (χ2n) is 4.89. The van der Waals surface area contributed by atoms with Crippen molar-refractivity contribution in [3.63, 3.8) is 0 Å². The van der Waals surface area contributed by atoms with Gasteiger partial charge in [-0.2, -0.15) is 0 Å². The fraction of sp³-hybridized carbons (Fsp3) is 0.750. The zero-order chi connectivity index (χ0) is 11.0. The maximum absolute atomic E-state index is 5.72. The van der Waals surface area contributed by atoms with Crippen molar-refractivity contribution in [3.8, 4) is 0 Å². The molecule has 0 bridgehead atoms. The summed E-state index contributed by atoms with van der Waals surface area (Å²) in [5.74, 6) is 1.99. The average Bonchev–Trinajstić information content (AvgIpc) is 3.00. The SMILES string of the molecule is C[C@H]1NCCn2c(COCC3CC3)cnc21. The highest BCUT2D eigenvalue weighted by Crippen LogP contribution is 2.29. The lowest BCUT2D eigenvalue weighted by molar-refractivity contribution is 0.106. The molecule has 1 aliphatic carbocycles. The summed E-state index contributed by atoms with van der Waals surface area (Å²) in [5.41, 5.74) is 1.23. The van der Waals surface area contributed by atoms with Crippen LogP contribution in [0.15, 0.2) is 6.20 Å². The van der Waals surface area contributed by atoms with E-state index in [0.29, 0.717) is 6.04 Å². The third-order valence-corrected chi connectivity index (χ3v) is 3.44. The van der Waals surface area contributed by atoms with E-state index in [9.17, 15) is 0 Å². The van der Waals surface area contributed by atoms with Crippen LogP contribution in [-0.2, 0) is 17.9 Å². The summed E-state index contributed by atoms with van der Waals surface area (Å²) in [4.78, 5) is 4.47. The van der Waals surface area contributed by atoms with E-state index in [4.69, 9.17) is 4.74 Å². The maximum Gasteiger partial charge on any atom is 0.125 e. The van der Waals surface area contributed by atoms with Gasteiger partial charge in [0.1, 0.15) is 5.82 Å². The van der Waals surface area contributed by atoms with Crippen molar-refractivity contribution in [1.82, 2.24) is 14.9 Å². The molecule has 1 N–H and O–H groups in total. The minimum Gasteiger partial charge on any atom is -0.375 e. The van der Waals surface area contributed by atoms with Crippen molar-refractivity contribution in [2.45, 2.75) is 39.0 Å². The Morgan fingerprint density at radius 3 is 3.25 bits per heavy atom. The molecule has 0 spiro atoms. The second kappa shape index (κ2) is 4.18. The van der Waals surface area contributed by atoms with Crippen molar-refractivity contribution in [2.24, 2.45) is 5.92 Å². The molecule has 1 aromatic heterocycles. The highest BCUT2D eigenvalue weighted by atomic mass is 16.5. The monoisotopic (exact) mass is 221 g/mol. The van der Waals surface area contributed by atoms with Gasteiger partial charge in [-0.1, -0.05) is 0 Å². The zero-order valence-corrected chi connectivity index (χ0v) is 9.78. The van der Waals surface area contributed by atoms with Gasteiger partial charge in [-0.3, -0.25) is 0 Å². The van der Waals surface area contributed by atoms with E-state index in [1.165, 1.54) is 18.5 Å². The van der Waals surface area contributed by atoms with Gasteiger partial charge in [0.2, 0.25) is 0 Å². The molecule has 1 aromatic rings. The lowest BCUT2D eigenvalue weighted by Crippen LogP contribution is -2.32. The Morgan fingerprint density at radius 2 is 2.44 bits per heavy atom. The largest absolute Gasteiger partial charge is 0.375 e. The summed E-state index contributed by atoms with van der Waals surface area (Å²) in [6, 6.07) is 0.367. The first-order valence-corrected chi connectivity index (χ1v) is 6.20. The van der Waals surface area contributed by atoms with Crippen LogP contribution in [0.2, 0.25) is 0 Å². The molecular weight excluding hydrogens is 202 g/mol. The summed E-state index contributed by atoms with van der Waals surface area (Å²) in [5, 5.41) is 3.41. The van der Waals surface area contributed by atoms with E-state index < -0.39 is 0 Å². The number of hydrogen-bond donors (Lipinski definition) is 1. The van der Waals surface area contributed by atoms with E-state index in [-0.39, 0.29) is 0 Å². The quantitative estimate of drug-likeness (QED) is 0.837. The van der Waals surface area contributed by atoms with Crippen LogP contribution in [0.4, 0.5) is 0 Å². The smallest absolute Gasteiger partial charge is 0.125 e. The van der Waals surface area contributed by atoms with E-state index in [0.717, 1.165) is 38.0 Å². The van der Waals surface area contributed by atoms with Crippen molar-refractivity contribution in [1.29, 1.82) is 0 Å². The second-order valence-corrected chi connectivity index (χ2v) is 4.89. The zero-order valence-electron chi connectivity index (χ0n) is 9.78. The number of hydrogen-bond acceptors (Lipinski definition) is 3. The minimum atomic E-state index is 0.367. The molecule has 0 radical (unpaired) electrons. The van der Waals surface area contributed by atoms with Crippen LogP contribution < -0.4 is 5.32 Å². The van der Waals surface area contributed by atoms with Crippen LogP contribution in [0.3, 0.4) is 0 Å². The van der Waals surface area contributed by atoms with E-state index in [1.54, 1.807) is 0 Å². The van der Waals surface area contributed by atoms with Crippen LogP contribution >= 0.6 is 0 Å². The number of nitrogens with zero attached hydrogens (tertiary/aromatic N) is 2. The molecule has 4 heteroatoms. The first kappa shape index (κ1) is 10.3. The van der Waals surface area contributed by atoms with E-state index >= 15 is 0 Å². The fourth-order valence-electron chi connectivity index (χ4n) is 2.24. The van der Waals surface area contributed by atoms with Crippen LogP contribution in [0, 0.1) is 5.92 Å². The third-order valence-electron chi connectivity index (χ3n) is 3.44. The fourth-order valence-corrected chi connectivity index (χ4v) is 2.24. The summed E-state index contributed by atoms with van der Waals surface area (Å²) in [6.07, 6.45) is 4.67. The Kier molecular flexibility index (Phi) is 2.69. The van der Waals surface area contributed by atoms with Crippen LogP contribution in [-0.4, -0.2) is 22.7 Å². The molecule has 4 nitrogen and oxygen atoms in total. The Morgan fingerprint density at radius 1 is 1.56 bits per heavy atom. The summed E-state index contributed by atoms with van der Waals surface area (Å²) >= 11 is 0. The first-order valence-electron chi connectivity index (χ1n) is 6.20. The number of ether oxygens (including phenoxy) is 1. The molecule has 1 aliphatic heterocycles. The number of rotatable bonds is 4. The Bertz CT molecular complexity index is 370. The van der Waals surface area contributed by atoms with Gasteiger partial charge >= 0.3 is 0 Å². The van der Waals surface area contributed by atoms with Gasteiger partial charge in [0.25, 0.3) is 0 Å². The van der Waals surface area contributed by atoms with Crippen molar-refractivity contribution in [3.05, 3.63) is 17.7 Å².